The van der Waals surface area contributed by atoms with Crippen molar-refractivity contribution in [3.8, 4) is 5.75 Å². The average Bonchev–Trinajstić information content (AvgIpc) is 3.11. The molecule has 0 aliphatic carbocycles. The Kier molecular flexibility index (Phi) is 7.55. The Balaban J connectivity index is 1.63. The van der Waals surface area contributed by atoms with Crippen LogP contribution in [0.25, 0.3) is 0 Å². The van der Waals surface area contributed by atoms with Gasteiger partial charge in [-0.15, -0.1) is 0 Å². The van der Waals surface area contributed by atoms with Crippen molar-refractivity contribution in [1.29, 1.82) is 0 Å². The van der Waals surface area contributed by atoms with Crippen molar-refractivity contribution in [1.82, 2.24) is 9.80 Å². The van der Waals surface area contributed by atoms with Gasteiger partial charge in [-0.25, -0.2) is 0 Å². The number of carbonyl (C=O) groups is 3. The number of hydrogen-bond donors (Lipinski definition) is 0. The zero-order chi connectivity index (χ0) is 25.0. The molecule has 2 aliphatic rings. The second kappa shape index (κ2) is 10.6. The summed E-state index contributed by atoms with van der Waals surface area (Å²) in [5.74, 6) is 0.00919. The minimum atomic E-state index is -1.29. The summed E-state index contributed by atoms with van der Waals surface area (Å²) in [4.78, 5) is 43.6. The van der Waals surface area contributed by atoms with E-state index in [1.807, 2.05) is 17.0 Å². The van der Waals surface area contributed by atoms with Crippen molar-refractivity contribution in [2.45, 2.75) is 43.9 Å². The van der Waals surface area contributed by atoms with E-state index < -0.39 is 5.41 Å². The van der Waals surface area contributed by atoms with Crippen molar-refractivity contribution >= 4 is 17.7 Å². The lowest BCUT2D eigenvalue weighted by atomic mass is 9.75. The van der Waals surface area contributed by atoms with Gasteiger partial charge in [0, 0.05) is 44.5 Å². The molecule has 0 spiro atoms. The number of methoxy groups -OCH3 is 2. The van der Waals surface area contributed by atoms with E-state index in [1.165, 1.54) is 30.2 Å². The summed E-state index contributed by atoms with van der Waals surface area (Å²) < 4.78 is 10.7. The Morgan fingerprint density at radius 3 is 2.66 bits per heavy atom. The van der Waals surface area contributed by atoms with Crippen molar-refractivity contribution in [2.24, 2.45) is 0 Å². The van der Waals surface area contributed by atoms with Crippen LogP contribution in [-0.4, -0.2) is 68.0 Å². The molecule has 7 nitrogen and oxygen atoms in total. The predicted octanol–water partition coefficient (Wildman–Crippen LogP) is 3.44. The van der Waals surface area contributed by atoms with E-state index in [-0.39, 0.29) is 49.6 Å². The van der Waals surface area contributed by atoms with Crippen LogP contribution < -0.4 is 4.74 Å². The van der Waals surface area contributed by atoms with Gasteiger partial charge in [0.15, 0.2) is 0 Å². The minimum absolute atomic E-state index is 0.0587. The number of rotatable bonds is 8. The Morgan fingerprint density at radius 2 is 1.91 bits per heavy atom. The summed E-state index contributed by atoms with van der Waals surface area (Å²) in [5.41, 5.74) is 1.73. The minimum Gasteiger partial charge on any atom is -0.496 e. The second-order valence-corrected chi connectivity index (χ2v) is 9.57. The molecule has 0 N–H and O–H groups in total. The lowest BCUT2D eigenvalue weighted by Gasteiger charge is -2.36. The highest BCUT2D eigenvalue weighted by Crippen LogP contribution is 2.44. The Hall–Kier alpha value is -3.19. The highest BCUT2D eigenvalue weighted by atomic mass is 16.5. The third-order valence-electron chi connectivity index (χ3n) is 7.29. The van der Waals surface area contributed by atoms with E-state index in [0.717, 1.165) is 12.8 Å². The van der Waals surface area contributed by atoms with Crippen LogP contribution in [0.4, 0.5) is 0 Å². The van der Waals surface area contributed by atoms with Gasteiger partial charge < -0.3 is 14.4 Å². The summed E-state index contributed by atoms with van der Waals surface area (Å²) in [5, 5.41) is 0. The monoisotopic (exact) mass is 478 g/mol. The number of carbonyl (C=O) groups excluding carboxylic acids is 3. The number of ether oxygens (including phenoxy) is 2. The molecule has 2 saturated heterocycles. The van der Waals surface area contributed by atoms with E-state index in [1.54, 1.807) is 12.1 Å². The fourth-order valence-corrected chi connectivity index (χ4v) is 5.46. The van der Waals surface area contributed by atoms with Gasteiger partial charge in [-0.1, -0.05) is 48.0 Å². The summed E-state index contributed by atoms with van der Waals surface area (Å²) in [7, 11) is 3.07. The van der Waals surface area contributed by atoms with Crippen LogP contribution in [0.2, 0.25) is 0 Å². The maximum absolute atomic E-state index is 13.8. The number of likely N-dealkylation sites (tertiary alicyclic amines) is 2. The van der Waals surface area contributed by atoms with Crippen molar-refractivity contribution in [3.63, 3.8) is 0 Å². The molecular formula is C28H34N2O5. The van der Waals surface area contributed by atoms with E-state index in [2.05, 4.69) is 31.2 Å². The number of benzene rings is 2. The van der Waals surface area contributed by atoms with Gasteiger partial charge >= 0.3 is 0 Å². The molecule has 2 aromatic carbocycles. The van der Waals surface area contributed by atoms with Crippen LogP contribution in [0.5, 0.6) is 5.75 Å². The van der Waals surface area contributed by atoms with Crippen molar-refractivity contribution < 1.29 is 23.9 Å². The molecule has 2 aliphatic heterocycles. The van der Waals surface area contributed by atoms with Crippen LogP contribution in [-0.2, 0) is 24.5 Å². The highest BCUT2D eigenvalue weighted by Gasteiger charge is 2.55. The van der Waals surface area contributed by atoms with E-state index in [0.29, 0.717) is 24.4 Å². The number of imide groups is 1. The molecule has 2 heterocycles. The first-order valence-electron chi connectivity index (χ1n) is 12.2. The first kappa shape index (κ1) is 24.9. The number of nitrogens with zero attached hydrogens (tertiary/aromatic N) is 2. The van der Waals surface area contributed by atoms with Crippen LogP contribution in [0, 0.1) is 6.92 Å². The maximum Gasteiger partial charge on any atom is 0.241 e. The topological polar surface area (TPSA) is 76.2 Å². The molecule has 2 unspecified atom stereocenters. The molecule has 0 radical (unpaired) electrons. The zero-order valence-corrected chi connectivity index (χ0v) is 20.8. The molecule has 0 saturated carbocycles. The first-order chi connectivity index (χ1) is 16.9. The Labute approximate surface area is 207 Å². The molecular weight excluding hydrogens is 444 g/mol. The van der Waals surface area contributed by atoms with Crippen LogP contribution in [0.1, 0.15) is 48.3 Å². The van der Waals surface area contributed by atoms with Crippen molar-refractivity contribution in [2.75, 3.05) is 40.5 Å². The smallest absolute Gasteiger partial charge is 0.241 e. The van der Waals surface area contributed by atoms with E-state index in [4.69, 9.17) is 9.47 Å². The van der Waals surface area contributed by atoms with Gasteiger partial charge in [0.2, 0.25) is 17.7 Å². The first-order valence-corrected chi connectivity index (χ1v) is 12.2. The Bertz CT molecular complexity index is 1100. The second-order valence-electron chi connectivity index (χ2n) is 9.57. The van der Waals surface area contributed by atoms with Gasteiger partial charge in [0.25, 0.3) is 0 Å². The summed E-state index contributed by atoms with van der Waals surface area (Å²) in [6.07, 6.45) is 1.80. The van der Waals surface area contributed by atoms with Crippen LogP contribution in [0.3, 0.4) is 0 Å². The van der Waals surface area contributed by atoms with Gasteiger partial charge in [-0.3, -0.25) is 19.3 Å². The summed E-state index contributed by atoms with van der Waals surface area (Å²) in [6.45, 7) is 3.75. The third kappa shape index (κ3) is 4.96. The Morgan fingerprint density at radius 1 is 1.11 bits per heavy atom. The van der Waals surface area contributed by atoms with Crippen molar-refractivity contribution in [3.05, 3.63) is 65.2 Å². The number of para-hydroxylation sites is 1. The molecule has 0 aromatic heterocycles. The molecule has 3 amide bonds. The predicted molar refractivity (Wildman–Crippen MR) is 132 cm³/mol. The molecule has 2 aromatic rings. The standard InChI is InChI=1S/C28H34N2O5/c1-20-8-6-9-21(16-20)22-10-7-13-29(19-22)25(31)17-28(23-11-4-5-12-24(23)35-3)18-26(32)30(27(28)33)14-15-34-2/h4-6,8-9,11-12,16,22H,7,10,13-15,17-19H2,1-3H3. The number of piperidine rings is 1. The zero-order valence-electron chi connectivity index (χ0n) is 20.8. The lowest BCUT2D eigenvalue weighted by Crippen LogP contribution is -2.46. The third-order valence-corrected chi connectivity index (χ3v) is 7.29. The average molecular weight is 479 g/mol. The quantitative estimate of drug-likeness (QED) is 0.544. The van der Waals surface area contributed by atoms with Gasteiger partial charge in [-0.05, 0) is 31.4 Å². The molecule has 4 rings (SSSR count). The number of aryl methyl sites for hydroxylation is 1. The molecule has 7 heteroatoms. The molecule has 0 bridgehead atoms. The highest BCUT2D eigenvalue weighted by molar-refractivity contribution is 6.11. The fraction of sp³-hybridized carbons (Fsp3) is 0.464. The lowest BCUT2D eigenvalue weighted by molar-refractivity contribution is -0.143. The van der Waals surface area contributed by atoms with Gasteiger partial charge in [0.05, 0.1) is 25.7 Å². The molecule has 35 heavy (non-hydrogen) atoms. The van der Waals surface area contributed by atoms with E-state index >= 15 is 0 Å². The normalized spacial score (nSPS) is 22.5. The number of amides is 3. The van der Waals surface area contributed by atoms with E-state index in [9.17, 15) is 14.4 Å². The molecule has 186 valence electrons. The molecule has 2 atom stereocenters. The summed E-state index contributed by atoms with van der Waals surface area (Å²) >= 11 is 0. The van der Waals surface area contributed by atoms with Crippen LogP contribution >= 0.6 is 0 Å². The number of hydrogen-bond acceptors (Lipinski definition) is 5. The van der Waals surface area contributed by atoms with Gasteiger partial charge in [0.1, 0.15) is 5.75 Å². The van der Waals surface area contributed by atoms with Crippen LogP contribution in [0.15, 0.2) is 48.5 Å². The maximum atomic E-state index is 13.8. The van der Waals surface area contributed by atoms with Gasteiger partial charge in [-0.2, -0.15) is 0 Å². The SMILES string of the molecule is COCCN1C(=O)CC(CC(=O)N2CCCC(c3cccc(C)c3)C2)(c2ccccc2OC)C1=O. The summed E-state index contributed by atoms with van der Waals surface area (Å²) in [6, 6.07) is 15.6. The fourth-order valence-electron chi connectivity index (χ4n) is 5.46. The largest absolute Gasteiger partial charge is 0.496 e. The molecule has 2 fully saturated rings.